The average molecular weight is 370 g/mol. The van der Waals surface area contributed by atoms with Crippen LogP contribution in [0.2, 0.25) is 0 Å². The van der Waals surface area contributed by atoms with Crippen LogP contribution in [0.1, 0.15) is 33.1 Å². The van der Waals surface area contributed by atoms with Crippen LogP contribution in [-0.2, 0) is 0 Å². The Bertz CT molecular complexity index is 889. The van der Waals surface area contributed by atoms with Crippen molar-refractivity contribution in [2.45, 2.75) is 13.3 Å². The highest BCUT2D eigenvalue weighted by Gasteiger charge is 2.13. The molecule has 0 bridgehead atoms. The Balaban J connectivity index is 1.40. The van der Waals surface area contributed by atoms with Crippen molar-refractivity contribution in [1.82, 2.24) is 20.8 Å². The highest BCUT2D eigenvalue weighted by atomic mass is 32.1. The molecule has 0 saturated carbocycles. The number of aromatic nitrogens is 2. The Kier molecular flexibility index (Phi) is 5.75. The topological polar surface area (TPSA) is 97.1 Å². The van der Waals surface area contributed by atoms with Crippen molar-refractivity contribution < 1.29 is 14.1 Å². The van der Waals surface area contributed by atoms with Gasteiger partial charge in [-0.2, -0.15) is 0 Å². The first kappa shape index (κ1) is 17.8. The number of hydrogen-bond acceptors (Lipinski definition) is 6. The summed E-state index contributed by atoms with van der Waals surface area (Å²) < 4.78 is 5.18. The molecule has 2 amide bonds. The fraction of sp³-hybridized carbons (Fsp3) is 0.222. The van der Waals surface area contributed by atoms with Crippen LogP contribution in [0, 0.1) is 6.92 Å². The minimum atomic E-state index is -0.303. The van der Waals surface area contributed by atoms with Gasteiger partial charge in [-0.1, -0.05) is 17.3 Å². The Morgan fingerprint density at radius 3 is 2.54 bits per heavy atom. The lowest BCUT2D eigenvalue weighted by molar-refractivity contribution is 0.0943. The monoisotopic (exact) mass is 370 g/mol. The van der Waals surface area contributed by atoms with Crippen LogP contribution in [0.3, 0.4) is 0 Å². The zero-order valence-corrected chi connectivity index (χ0v) is 15.0. The van der Waals surface area contributed by atoms with Gasteiger partial charge in [-0.05, 0) is 36.9 Å². The molecule has 0 aliphatic carbocycles. The first-order valence-corrected chi connectivity index (χ1v) is 9.02. The first-order valence-electron chi connectivity index (χ1n) is 8.14. The van der Waals surface area contributed by atoms with Crippen molar-refractivity contribution >= 4 is 23.2 Å². The maximum Gasteiger partial charge on any atom is 0.273 e. The molecule has 0 spiro atoms. The molecule has 3 heterocycles. The van der Waals surface area contributed by atoms with Gasteiger partial charge in [0, 0.05) is 24.8 Å². The number of thiophene rings is 1. The Morgan fingerprint density at radius 1 is 1.08 bits per heavy atom. The van der Waals surface area contributed by atoms with Crippen molar-refractivity contribution in [3.05, 3.63) is 58.9 Å². The van der Waals surface area contributed by atoms with Gasteiger partial charge in [-0.3, -0.25) is 9.59 Å². The van der Waals surface area contributed by atoms with E-state index in [2.05, 4.69) is 20.8 Å². The van der Waals surface area contributed by atoms with Gasteiger partial charge in [0.05, 0.1) is 4.88 Å². The summed E-state index contributed by atoms with van der Waals surface area (Å²) in [5, 5.41) is 11.2. The highest BCUT2D eigenvalue weighted by molar-refractivity contribution is 7.13. The molecule has 0 saturated heterocycles. The molecule has 0 fully saturated rings. The van der Waals surface area contributed by atoms with Crippen molar-refractivity contribution in [2.24, 2.45) is 0 Å². The van der Waals surface area contributed by atoms with Crippen LogP contribution in [0.5, 0.6) is 0 Å². The molecule has 0 atom stereocenters. The van der Waals surface area contributed by atoms with Crippen LogP contribution >= 0.6 is 11.3 Å². The fourth-order valence-corrected chi connectivity index (χ4v) is 2.93. The zero-order valence-electron chi connectivity index (χ0n) is 14.2. The SMILES string of the molecule is Cc1cccc(C(=O)NCCCNC(=O)c2cc(-c3cccs3)on2)n1. The number of carbonyl (C=O) groups excluding carboxylic acids is 2. The molecule has 134 valence electrons. The minimum Gasteiger partial charge on any atom is -0.355 e. The van der Waals surface area contributed by atoms with Crippen LogP contribution in [0.15, 0.2) is 46.3 Å². The third-order valence-electron chi connectivity index (χ3n) is 3.55. The van der Waals surface area contributed by atoms with Gasteiger partial charge in [-0.15, -0.1) is 11.3 Å². The second-order valence-electron chi connectivity index (χ2n) is 5.58. The van der Waals surface area contributed by atoms with E-state index in [1.165, 1.54) is 11.3 Å². The third kappa shape index (κ3) is 4.54. The van der Waals surface area contributed by atoms with E-state index in [0.717, 1.165) is 10.6 Å². The minimum absolute atomic E-state index is 0.225. The standard InChI is InChI=1S/C18H18N4O3S/c1-12-5-2-6-13(21-12)17(23)19-8-4-9-20-18(24)14-11-15(25-22-14)16-7-3-10-26-16/h2-3,5-7,10-11H,4,8-9H2,1H3,(H,19,23)(H,20,24). The quantitative estimate of drug-likeness (QED) is 0.623. The van der Waals surface area contributed by atoms with E-state index in [1.54, 1.807) is 18.2 Å². The van der Waals surface area contributed by atoms with E-state index in [-0.39, 0.29) is 17.5 Å². The van der Waals surface area contributed by atoms with Crippen LogP contribution in [-0.4, -0.2) is 35.0 Å². The number of nitrogens with zero attached hydrogens (tertiary/aromatic N) is 2. The second-order valence-corrected chi connectivity index (χ2v) is 6.53. The van der Waals surface area contributed by atoms with Gasteiger partial charge in [0.15, 0.2) is 11.5 Å². The molecule has 0 aliphatic heterocycles. The molecular formula is C18H18N4O3S. The molecule has 26 heavy (non-hydrogen) atoms. The van der Waals surface area contributed by atoms with Crippen molar-refractivity contribution in [2.75, 3.05) is 13.1 Å². The summed E-state index contributed by atoms with van der Waals surface area (Å²) in [6.45, 7) is 2.69. The van der Waals surface area contributed by atoms with E-state index in [9.17, 15) is 9.59 Å². The van der Waals surface area contributed by atoms with Crippen LogP contribution in [0.4, 0.5) is 0 Å². The normalized spacial score (nSPS) is 10.5. The molecule has 3 aromatic heterocycles. The number of amides is 2. The van der Waals surface area contributed by atoms with E-state index in [4.69, 9.17) is 4.52 Å². The van der Waals surface area contributed by atoms with Crippen molar-refractivity contribution in [3.63, 3.8) is 0 Å². The van der Waals surface area contributed by atoms with Gasteiger partial charge in [-0.25, -0.2) is 4.98 Å². The first-order chi connectivity index (χ1) is 12.6. The van der Waals surface area contributed by atoms with Gasteiger partial charge in [0.25, 0.3) is 11.8 Å². The zero-order chi connectivity index (χ0) is 18.4. The smallest absolute Gasteiger partial charge is 0.273 e. The largest absolute Gasteiger partial charge is 0.355 e. The van der Waals surface area contributed by atoms with E-state index >= 15 is 0 Å². The van der Waals surface area contributed by atoms with Gasteiger partial charge in [0.2, 0.25) is 0 Å². The summed E-state index contributed by atoms with van der Waals surface area (Å²) in [7, 11) is 0. The summed E-state index contributed by atoms with van der Waals surface area (Å²) >= 11 is 1.52. The lowest BCUT2D eigenvalue weighted by Gasteiger charge is -2.06. The average Bonchev–Trinajstić information content (AvgIpc) is 3.32. The van der Waals surface area contributed by atoms with E-state index in [1.807, 2.05) is 30.5 Å². The summed E-state index contributed by atoms with van der Waals surface area (Å²) in [5.41, 5.74) is 1.42. The molecule has 8 heteroatoms. The lowest BCUT2D eigenvalue weighted by atomic mass is 10.3. The number of rotatable bonds is 7. The lowest BCUT2D eigenvalue weighted by Crippen LogP contribution is -2.30. The predicted octanol–water partition coefficient (Wildman–Crippen LogP) is 2.66. The van der Waals surface area contributed by atoms with Gasteiger partial charge in [0.1, 0.15) is 5.69 Å². The summed E-state index contributed by atoms with van der Waals surface area (Å²) in [6, 6.07) is 10.7. The summed E-state index contributed by atoms with van der Waals surface area (Å²) in [6.07, 6.45) is 0.596. The van der Waals surface area contributed by atoms with Gasteiger partial charge < -0.3 is 15.2 Å². The highest BCUT2D eigenvalue weighted by Crippen LogP contribution is 2.24. The van der Waals surface area contributed by atoms with Gasteiger partial charge >= 0.3 is 0 Å². The maximum absolute atomic E-state index is 12.1. The molecule has 3 rings (SSSR count). The Hall–Kier alpha value is -3.00. The van der Waals surface area contributed by atoms with Crippen LogP contribution < -0.4 is 10.6 Å². The number of nitrogens with one attached hydrogen (secondary N) is 2. The molecule has 2 N–H and O–H groups in total. The summed E-state index contributed by atoms with van der Waals surface area (Å²) in [5.74, 6) is 0.0448. The molecule has 0 aromatic carbocycles. The van der Waals surface area contributed by atoms with E-state index in [0.29, 0.717) is 31.0 Å². The van der Waals surface area contributed by atoms with Crippen molar-refractivity contribution in [1.29, 1.82) is 0 Å². The molecule has 3 aromatic rings. The molecule has 7 nitrogen and oxygen atoms in total. The summed E-state index contributed by atoms with van der Waals surface area (Å²) in [4.78, 5) is 29.1. The Labute approximate surface area is 154 Å². The fourth-order valence-electron chi connectivity index (χ4n) is 2.26. The number of hydrogen-bond donors (Lipinski definition) is 2. The van der Waals surface area contributed by atoms with Crippen molar-refractivity contribution in [3.8, 4) is 10.6 Å². The Morgan fingerprint density at radius 2 is 1.85 bits per heavy atom. The molecule has 0 aliphatic rings. The number of aryl methyl sites for hydroxylation is 1. The van der Waals surface area contributed by atoms with E-state index < -0.39 is 0 Å². The molecular weight excluding hydrogens is 352 g/mol. The second kappa shape index (κ2) is 8.39. The number of pyridine rings is 1. The molecule has 0 unspecified atom stereocenters. The molecule has 0 radical (unpaired) electrons. The third-order valence-corrected chi connectivity index (χ3v) is 4.44. The predicted molar refractivity (Wildman–Crippen MR) is 98.1 cm³/mol. The van der Waals surface area contributed by atoms with Crippen LogP contribution in [0.25, 0.3) is 10.6 Å². The maximum atomic E-state index is 12.1. The number of carbonyl (C=O) groups is 2.